The minimum Gasteiger partial charge on any atom is -0.353 e. The maximum absolute atomic E-state index is 13.1. The van der Waals surface area contributed by atoms with Gasteiger partial charge in [0.25, 0.3) is 0 Å². The first-order valence-corrected chi connectivity index (χ1v) is 8.69. The Morgan fingerprint density at radius 2 is 1.96 bits per heavy atom. The Labute approximate surface area is 142 Å². The third kappa shape index (κ3) is 4.22. The van der Waals surface area contributed by atoms with Gasteiger partial charge in [0, 0.05) is 31.3 Å². The highest BCUT2D eigenvalue weighted by Gasteiger charge is 2.17. The Kier molecular flexibility index (Phi) is 5.28. The van der Waals surface area contributed by atoms with E-state index in [1.54, 1.807) is 16.8 Å². The summed E-state index contributed by atoms with van der Waals surface area (Å²) in [6, 6.07) is 6.66. The number of nitrogens with zero attached hydrogens (tertiary/aromatic N) is 2. The van der Waals surface area contributed by atoms with Gasteiger partial charge in [0.05, 0.1) is 5.69 Å². The van der Waals surface area contributed by atoms with Crippen molar-refractivity contribution in [3.05, 3.63) is 41.8 Å². The molecule has 1 aliphatic carbocycles. The van der Waals surface area contributed by atoms with Crippen LogP contribution in [0.25, 0.3) is 11.3 Å². The van der Waals surface area contributed by atoms with Crippen molar-refractivity contribution in [2.75, 3.05) is 0 Å². The van der Waals surface area contributed by atoms with Crippen molar-refractivity contribution >= 4 is 5.91 Å². The van der Waals surface area contributed by atoms with Gasteiger partial charge in [0.1, 0.15) is 5.82 Å². The van der Waals surface area contributed by atoms with Crippen molar-refractivity contribution in [3.8, 4) is 11.3 Å². The number of nitrogens with one attached hydrogen (secondary N) is 1. The molecule has 0 saturated heterocycles. The summed E-state index contributed by atoms with van der Waals surface area (Å²) in [6.07, 6.45) is 8.93. The van der Waals surface area contributed by atoms with Crippen LogP contribution in [-0.2, 0) is 18.3 Å². The lowest BCUT2D eigenvalue weighted by Crippen LogP contribution is -2.36. The molecule has 24 heavy (non-hydrogen) atoms. The van der Waals surface area contributed by atoms with Crippen LogP contribution in [0.15, 0.2) is 30.5 Å². The van der Waals surface area contributed by atoms with Crippen molar-refractivity contribution in [2.45, 2.75) is 51.0 Å². The van der Waals surface area contributed by atoms with Gasteiger partial charge in [-0.1, -0.05) is 19.3 Å². The maximum atomic E-state index is 13.1. The summed E-state index contributed by atoms with van der Waals surface area (Å²) in [5.41, 5.74) is 2.71. The summed E-state index contributed by atoms with van der Waals surface area (Å²) in [7, 11) is 1.86. The van der Waals surface area contributed by atoms with E-state index >= 15 is 0 Å². The topological polar surface area (TPSA) is 46.9 Å². The highest BCUT2D eigenvalue weighted by molar-refractivity contribution is 5.77. The fraction of sp³-hybridized carbons (Fsp3) is 0.474. The van der Waals surface area contributed by atoms with Gasteiger partial charge in [-0.15, -0.1) is 0 Å². The average molecular weight is 329 g/mol. The zero-order valence-corrected chi connectivity index (χ0v) is 14.1. The molecule has 0 atom stereocenters. The molecular weight excluding hydrogens is 305 g/mol. The van der Waals surface area contributed by atoms with Crippen LogP contribution in [0, 0.1) is 5.82 Å². The Hall–Kier alpha value is -2.17. The fourth-order valence-corrected chi connectivity index (χ4v) is 3.37. The lowest BCUT2D eigenvalue weighted by molar-refractivity contribution is -0.121. The molecule has 1 N–H and O–H groups in total. The van der Waals surface area contributed by atoms with Crippen LogP contribution < -0.4 is 5.32 Å². The third-order valence-electron chi connectivity index (χ3n) is 4.61. The van der Waals surface area contributed by atoms with E-state index in [9.17, 15) is 9.18 Å². The maximum Gasteiger partial charge on any atom is 0.220 e. The van der Waals surface area contributed by atoms with Crippen LogP contribution >= 0.6 is 0 Å². The number of benzene rings is 1. The fourth-order valence-electron chi connectivity index (χ4n) is 3.37. The SMILES string of the molecule is Cn1cc(CCC(=O)NC2CCCCC2)c(-c2ccc(F)cc2)n1. The molecule has 1 saturated carbocycles. The second-order valence-electron chi connectivity index (χ2n) is 6.59. The Bertz CT molecular complexity index is 687. The van der Waals surface area contributed by atoms with Gasteiger partial charge >= 0.3 is 0 Å². The zero-order chi connectivity index (χ0) is 16.9. The molecule has 0 radical (unpaired) electrons. The molecule has 1 heterocycles. The zero-order valence-electron chi connectivity index (χ0n) is 14.1. The molecule has 1 fully saturated rings. The summed E-state index contributed by atoms with van der Waals surface area (Å²) < 4.78 is 14.8. The number of carbonyl (C=O) groups excluding carboxylic acids is 1. The predicted molar refractivity (Wildman–Crippen MR) is 91.9 cm³/mol. The van der Waals surface area contributed by atoms with E-state index in [1.165, 1.54) is 31.4 Å². The number of aryl methyl sites for hydroxylation is 2. The number of hydrogen-bond acceptors (Lipinski definition) is 2. The van der Waals surface area contributed by atoms with Gasteiger partial charge in [-0.05, 0) is 49.1 Å². The van der Waals surface area contributed by atoms with Gasteiger partial charge in [-0.3, -0.25) is 9.48 Å². The molecule has 1 amide bonds. The number of halogens is 1. The molecule has 4 nitrogen and oxygen atoms in total. The Morgan fingerprint density at radius 3 is 2.67 bits per heavy atom. The van der Waals surface area contributed by atoms with E-state index in [0.717, 1.165) is 29.7 Å². The number of hydrogen-bond donors (Lipinski definition) is 1. The van der Waals surface area contributed by atoms with Crippen LogP contribution in [0.1, 0.15) is 44.1 Å². The monoisotopic (exact) mass is 329 g/mol. The van der Waals surface area contributed by atoms with E-state index in [1.807, 2.05) is 13.2 Å². The summed E-state index contributed by atoms with van der Waals surface area (Å²) in [5.74, 6) is -0.154. The highest BCUT2D eigenvalue weighted by atomic mass is 19.1. The molecule has 1 aromatic carbocycles. The lowest BCUT2D eigenvalue weighted by Gasteiger charge is -2.22. The summed E-state index contributed by atoms with van der Waals surface area (Å²) in [5, 5.41) is 7.61. The predicted octanol–water partition coefficient (Wildman–Crippen LogP) is 3.61. The van der Waals surface area contributed by atoms with Crippen molar-refractivity contribution in [1.29, 1.82) is 0 Å². The second kappa shape index (κ2) is 7.60. The van der Waals surface area contributed by atoms with Crippen molar-refractivity contribution < 1.29 is 9.18 Å². The van der Waals surface area contributed by atoms with E-state index in [2.05, 4.69) is 10.4 Å². The molecule has 0 unspecified atom stereocenters. The van der Waals surface area contributed by atoms with E-state index < -0.39 is 0 Å². The second-order valence-corrected chi connectivity index (χ2v) is 6.59. The number of carbonyl (C=O) groups is 1. The lowest BCUT2D eigenvalue weighted by atomic mass is 9.95. The molecule has 2 aromatic rings. The van der Waals surface area contributed by atoms with Crippen LogP contribution in [-0.4, -0.2) is 21.7 Å². The van der Waals surface area contributed by atoms with Crippen molar-refractivity contribution in [1.82, 2.24) is 15.1 Å². The molecule has 128 valence electrons. The highest BCUT2D eigenvalue weighted by Crippen LogP contribution is 2.23. The smallest absolute Gasteiger partial charge is 0.220 e. The molecule has 1 aromatic heterocycles. The third-order valence-corrected chi connectivity index (χ3v) is 4.61. The van der Waals surface area contributed by atoms with Gasteiger partial charge < -0.3 is 5.32 Å². The summed E-state index contributed by atoms with van der Waals surface area (Å²) in [4.78, 5) is 12.2. The molecule has 0 aliphatic heterocycles. The van der Waals surface area contributed by atoms with Gasteiger partial charge in [0.15, 0.2) is 0 Å². The minimum absolute atomic E-state index is 0.107. The molecule has 5 heteroatoms. The molecule has 0 bridgehead atoms. The van der Waals surface area contributed by atoms with Gasteiger partial charge in [0.2, 0.25) is 5.91 Å². The van der Waals surface area contributed by atoms with Crippen LogP contribution in [0.2, 0.25) is 0 Å². The Morgan fingerprint density at radius 1 is 1.25 bits per heavy atom. The standard InChI is InChI=1S/C19H24FN3O/c1-23-13-15(19(22-23)14-7-10-16(20)11-8-14)9-12-18(24)21-17-5-3-2-4-6-17/h7-8,10-11,13,17H,2-6,9,12H2,1H3,(H,21,24). The van der Waals surface area contributed by atoms with Gasteiger partial charge in [-0.2, -0.15) is 5.10 Å². The molecular formula is C19H24FN3O. The van der Waals surface area contributed by atoms with Crippen molar-refractivity contribution in [3.63, 3.8) is 0 Å². The van der Waals surface area contributed by atoms with Crippen LogP contribution in [0.4, 0.5) is 4.39 Å². The number of aromatic nitrogens is 2. The number of rotatable bonds is 5. The molecule has 3 rings (SSSR count). The quantitative estimate of drug-likeness (QED) is 0.911. The van der Waals surface area contributed by atoms with E-state index in [0.29, 0.717) is 18.9 Å². The first kappa shape index (κ1) is 16.7. The minimum atomic E-state index is -0.261. The molecule has 0 spiro atoms. The van der Waals surface area contributed by atoms with Gasteiger partial charge in [-0.25, -0.2) is 4.39 Å². The summed E-state index contributed by atoms with van der Waals surface area (Å²) in [6.45, 7) is 0. The Balaban J connectivity index is 1.62. The van der Waals surface area contributed by atoms with Crippen molar-refractivity contribution in [2.24, 2.45) is 7.05 Å². The van der Waals surface area contributed by atoms with E-state index in [-0.39, 0.29) is 11.7 Å². The number of amides is 1. The molecule has 1 aliphatic rings. The summed E-state index contributed by atoms with van der Waals surface area (Å²) >= 11 is 0. The average Bonchev–Trinajstić information content (AvgIpc) is 2.95. The van der Waals surface area contributed by atoms with Crippen LogP contribution in [0.5, 0.6) is 0 Å². The normalized spacial score (nSPS) is 15.4. The van der Waals surface area contributed by atoms with Crippen LogP contribution in [0.3, 0.4) is 0 Å². The first-order chi connectivity index (χ1) is 11.6. The van der Waals surface area contributed by atoms with E-state index in [4.69, 9.17) is 0 Å². The largest absolute Gasteiger partial charge is 0.353 e. The first-order valence-electron chi connectivity index (χ1n) is 8.69.